The summed E-state index contributed by atoms with van der Waals surface area (Å²) < 4.78 is 40.8. The van der Waals surface area contributed by atoms with Gasteiger partial charge in [-0.15, -0.1) is 0 Å². The normalized spacial score (nSPS) is 25.0. The van der Waals surface area contributed by atoms with E-state index in [0.717, 1.165) is 18.4 Å². The molecular formula is C29H34Cl2FNO5S. The molecule has 10 heteroatoms. The molecule has 4 rings (SSSR count). The molecule has 1 N–H and O–H groups in total. The molecule has 1 aliphatic heterocycles. The first kappa shape index (κ1) is 29.8. The minimum atomic E-state index is -3.67. The summed E-state index contributed by atoms with van der Waals surface area (Å²) in [5, 5.41) is 10.2. The third-order valence-corrected chi connectivity index (χ3v) is 11.2. The second kappa shape index (κ2) is 10.7. The number of sulfone groups is 1. The second-order valence-electron chi connectivity index (χ2n) is 12.1. The molecule has 39 heavy (non-hydrogen) atoms. The van der Waals surface area contributed by atoms with E-state index in [9.17, 15) is 27.5 Å². The summed E-state index contributed by atoms with van der Waals surface area (Å²) in [4.78, 5) is 27.9. The van der Waals surface area contributed by atoms with E-state index in [4.69, 9.17) is 23.2 Å². The van der Waals surface area contributed by atoms with E-state index < -0.39 is 62.1 Å². The molecule has 2 fully saturated rings. The summed E-state index contributed by atoms with van der Waals surface area (Å²) in [6, 6.07) is 9.99. The highest BCUT2D eigenvalue weighted by Crippen LogP contribution is 2.54. The fraction of sp³-hybridized carbons (Fsp3) is 0.517. The quantitative estimate of drug-likeness (QED) is 0.367. The molecule has 1 heterocycles. The average Bonchev–Trinajstić information content (AvgIpc) is 3.65. The zero-order valence-electron chi connectivity index (χ0n) is 22.5. The number of carbonyl (C=O) groups excluding carboxylic acids is 1. The highest BCUT2D eigenvalue weighted by atomic mass is 35.5. The van der Waals surface area contributed by atoms with E-state index in [1.54, 1.807) is 56.9 Å². The topological polar surface area (TPSA) is 91.8 Å². The third-order valence-electron chi connectivity index (χ3n) is 8.05. The Kier molecular flexibility index (Phi) is 8.16. The van der Waals surface area contributed by atoms with E-state index >= 15 is 0 Å². The molecule has 4 atom stereocenters. The Balaban J connectivity index is 1.97. The summed E-state index contributed by atoms with van der Waals surface area (Å²) in [6.45, 7) is 6.49. The first-order chi connectivity index (χ1) is 18.0. The molecule has 4 unspecified atom stereocenters. The van der Waals surface area contributed by atoms with Gasteiger partial charge in [-0.05, 0) is 81.3 Å². The van der Waals surface area contributed by atoms with Gasteiger partial charge in [-0.2, -0.15) is 0 Å². The summed E-state index contributed by atoms with van der Waals surface area (Å²) in [5.41, 5.74) is -0.101. The predicted molar refractivity (Wildman–Crippen MR) is 150 cm³/mol. The average molecular weight is 599 g/mol. The zero-order valence-corrected chi connectivity index (χ0v) is 24.8. The van der Waals surface area contributed by atoms with Crippen LogP contribution in [0.4, 0.5) is 4.39 Å². The van der Waals surface area contributed by atoms with Crippen LogP contribution in [0, 0.1) is 17.2 Å². The number of hydrogen-bond donors (Lipinski definition) is 1. The summed E-state index contributed by atoms with van der Waals surface area (Å²) in [6.07, 6.45) is 1.22. The number of carboxylic acid groups (broad SMARTS) is 1. The lowest BCUT2D eigenvalue weighted by molar-refractivity contribution is -0.160. The van der Waals surface area contributed by atoms with Crippen molar-refractivity contribution in [1.29, 1.82) is 0 Å². The maximum atomic E-state index is 14.8. The van der Waals surface area contributed by atoms with E-state index in [1.807, 2.05) is 6.07 Å². The monoisotopic (exact) mass is 597 g/mol. The van der Waals surface area contributed by atoms with Crippen LogP contribution in [-0.2, 0) is 19.4 Å². The Morgan fingerprint density at radius 2 is 1.82 bits per heavy atom. The fourth-order valence-corrected chi connectivity index (χ4v) is 7.38. The molecule has 1 saturated carbocycles. The van der Waals surface area contributed by atoms with Crippen molar-refractivity contribution in [2.75, 3.05) is 5.75 Å². The number of halogens is 3. The SMILES string of the molecule is CC1(CC(=O)O)CC(c2cccc(Cl)c2)C(c2ccc(Cl)c(F)c2)N(C(CS(=O)(=O)C(C)(C)C)C2CC2)C1=O. The third kappa shape index (κ3) is 6.13. The molecule has 6 nitrogen and oxygen atoms in total. The van der Waals surface area contributed by atoms with E-state index in [-0.39, 0.29) is 23.1 Å². The molecule has 1 amide bonds. The Bertz CT molecular complexity index is 1390. The van der Waals surface area contributed by atoms with Gasteiger partial charge in [-0.3, -0.25) is 9.59 Å². The van der Waals surface area contributed by atoms with Crippen LogP contribution in [0.2, 0.25) is 10.0 Å². The van der Waals surface area contributed by atoms with E-state index in [0.29, 0.717) is 10.6 Å². The number of carboxylic acids is 1. The standard InChI is InChI=1S/C29H34Cl2FNO5S/c1-28(2,3)39(37,38)16-24(17-8-9-17)33-26(19-10-11-22(31)23(32)13-19)21(18-6-5-7-20(30)12-18)14-29(4,27(33)36)15-25(34)35/h5-7,10-13,17,21,24,26H,8-9,14-16H2,1-4H3,(H,34,35). The van der Waals surface area contributed by atoms with Crippen molar-refractivity contribution in [1.82, 2.24) is 4.90 Å². The van der Waals surface area contributed by atoms with Gasteiger partial charge in [0.2, 0.25) is 5.91 Å². The van der Waals surface area contributed by atoms with Crippen LogP contribution in [-0.4, -0.2) is 46.8 Å². The lowest BCUT2D eigenvalue weighted by Gasteiger charge is -2.52. The molecule has 0 radical (unpaired) electrons. The Labute approximate surface area is 239 Å². The molecule has 2 aliphatic rings. The van der Waals surface area contributed by atoms with Crippen LogP contribution in [0.3, 0.4) is 0 Å². The zero-order chi connectivity index (χ0) is 28.9. The maximum Gasteiger partial charge on any atom is 0.304 e. The highest BCUT2D eigenvalue weighted by molar-refractivity contribution is 7.92. The number of benzene rings is 2. The fourth-order valence-electron chi connectivity index (χ4n) is 5.68. The van der Waals surface area contributed by atoms with Gasteiger partial charge in [0.15, 0.2) is 9.84 Å². The Hall–Kier alpha value is -2.16. The van der Waals surface area contributed by atoms with Gasteiger partial charge in [0.1, 0.15) is 5.82 Å². The first-order valence-electron chi connectivity index (χ1n) is 13.0. The van der Waals surface area contributed by atoms with Gasteiger partial charge in [-0.1, -0.05) is 48.3 Å². The molecule has 0 spiro atoms. The van der Waals surface area contributed by atoms with Crippen LogP contribution in [0.15, 0.2) is 42.5 Å². The molecular weight excluding hydrogens is 564 g/mol. The second-order valence-corrected chi connectivity index (χ2v) is 15.8. The van der Waals surface area contributed by atoms with E-state index in [1.165, 1.54) is 12.1 Å². The molecule has 0 aromatic heterocycles. The number of nitrogens with zero attached hydrogens (tertiary/aromatic N) is 1. The van der Waals surface area contributed by atoms with Gasteiger partial charge in [0.25, 0.3) is 0 Å². The largest absolute Gasteiger partial charge is 0.481 e. The van der Waals surface area contributed by atoms with Gasteiger partial charge < -0.3 is 10.0 Å². The van der Waals surface area contributed by atoms with Crippen molar-refractivity contribution in [3.8, 4) is 0 Å². The Morgan fingerprint density at radius 1 is 1.15 bits per heavy atom. The van der Waals surface area contributed by atoms with Crippen molar-refractivity contribution in [3.05, 3.63) is 69.5 Å². The van der Waals surface area contributed by atoms with Crippen molar-refractivity contribution in [2.45, 2.75) is 76.1 Å². The van der Waals surface area contributed by atoms with Gasteiger partial charge in [0.05, 0.1) is 33.4 Å². The highest BCUT2D eigenvalue weighted by Gasteiger charge is 2.55. The van der Waals surface area contributed by atoms with Gasteiger partial charge in [0, 0.05) is 17.0 Å². The van der Waals surface area contributed by atoms with Crippen LogP contribution in [0.5, 0.6) is 0 Å². The van der Waals surface area contributed by atoms with Crippen molar-refractivity contribution in [3.63, 3.8) is 0 Å². The minimum Gasteiger partial charge on any atom is -0.481 e. The summed E-state index contributed by atoms with van der Waals surface area (Å²) in [7, 11) is -3.67. The maximum absolute atomic E-state index is 14.8. The van der Waals surface area contributed by atoms with Gasteiger partial charge in [-0.25, -0.2) is 12.8 Å². The predicted octanol–water partition coefficient (Wildman–Crippen LogP) is 6.66. The summed E-state index contributed by atoms with van der Waals surface area (Å²) >= 11 is 12.4. The van der Waals surface area contributed by atoms with Crippen LogP contribution >= 0.6 is 23.2 Å². The number of rotatable bonds is 8. The Morgan fingerprint density at radius 3 is 2.36 bits per heavy atom. The van der Waals surface area contributed by atoms with Crippen molar-refractivity contribution >= 4 is 44.9 Å². The van der Waals surface area contributed by atoms with Gasteiger partial charge >= 0.3 is 5.97 Å². The molecule has 0 bridgehead atoms. The number of piperidine rings is 1. The number of aliphatic carboxylic acids is 1. The molecule has 212 valence electrons. The number of carbonyl (C=O) groups is 2. The lowest BCUT2D eigenvalue weighted by atomic mass is 9.67. The smallest absolute Gasteiger partial charge is 0.304 e. The van der Waals surface area contributed by atoms with Crippen molar-refractivity contribution < 1.29 is 27.5 Å². The molecule has 2 aromatic rings. The first-order valence-corrected chi connectivity index (χ1v) is 15.4. The van der Waals surface area contributed by atoms with E-state index in [2.05, 4.69) is 0 Å². The molecule has 1 aliphatic carbocycles. The number of hydrogen-bond acceptors (Lipinski definition) is 4. The van der Waals surface area contributed by atoms with Crippen molar-refractivity contribution in [2.24, 2.45) is 11.3 Å². The molecule has 1 saturated heterocycles. The number of amides is 1. The number of likely N-dealkylation sites (tertiary alicyclic amines) is 1. The lowest BCUT2D eigenvalue weighted by Crippen LogP contribution is -2.58. The summed E-state index contributed by atoms with van der Waals surface area (Å²) in [5.74, 6) is -3.05. The van der Waals surface area contributed by atoms with Crippen LogP contribution in [0.25, 0.3) is 0 Å². The molecule has 2 aromatic carbocycles. The van der Waals surface area contributed by atoms with Crippen LogP contribution in [0.1, 0.15) is 76.5 Å². The van der Waals surface area contributed by atoms with Crippen LogP contribution < -0.4 is 0 Å². The minimum absolute atomic E-state index is 0.0714.